The van der Waals surface area contributed by atoms with Crippen LogP contribution in [0.2, 0.25) is 0 Å². The SMILES string of the molecule is CN.CSCCS(=O)(=O)O.c1ccc2ncccc2c1. The van der Waals surface area contributed by atoms with E-state index >= 15 is 0 Å². The minimum Gasteiger partial charge on any atom is -0.333 e. The first-order valence-electron chi connectivity index (χ1n) is 5.84. The van der Waals surface area contributed by atoms with Crippen LogP contribution in [0.4, 0.5) is 0 Å². The maximum Gasteiger partial charge on any atom is 0.265 e. The summed E-state index contributed by atoms with van der Waals surface area (Å²) in [6.45, 7) is 0. The van der Waals surface area contributed by atoms with Gasteiger partial charge >= 0.3 is 0 Å². The van der Waals surface area contributed by atoms with Crippen molar-refractivity contribution in [1.82, 2.24) is 4.98 Å². The standard InChI is InChI=1S/C9H7N.C3H8O3S2.CH5N/c1-2-6-9-8(4-1)5-3-7-10-9;1-7-2-3-8(4,5)6;1-2/h1-7H;2-3H2,1H3,(H,4,5,6);2H2,1H3. The number of hydrogen-bond acceptors (Lipinski definition) is 5. The molecule has 0 aliphatic rings. The van der Waals surface area contributed by atoms with Gasteiger partial charge < -0.3 is 5.73 Å². The molecule has 1 aromatic carbocycles. The highest BCUT2D eigenvalue weighted by Crippen LogP contribution is 2.07. The van der Waals surface area contributed by atoms with E-state index in [4.69, 9.17) is 4.55 Å². The maximum absolute atomic E-state index is 9.93. The van der Waals surface area contributed by atoms with Crippen LogP contribution >= 0.6 is 11.8 Å². The van der Waals surface area contributed by atoms with Crippen LogP contribution in [-0.2, 0) is 10.1 Å². The number of pyridine rings is 1. The summed E-state index contributed by atoms with van der Waals surface area (Å²) in [5, 5.41) is 1.20. The van der Waals surface area contributed by atoms with Crippen molar-refractivity contribution < 1.29 is 13.0 Å². The quantitative estimate of drug-likeness (QED) is 0.842. The van der Waals surface area contributed by atoms with Crippen LogP contribution in [0.15, 0.2) is 42.6 Å². The molecule has 5 nitrogen and oxygen atoms in total. The van der Waals surface area contributed by atoms with Crippen molar-refractivity contribution in [3.63, 3.8) is 0 Å². The van der Waals surface area contributed by atoms with Crippen molar-refractivity contribution in [2.24, 2.45) is 5.73 Å². The summed E-state index contributed by atoms with van der Waals surface area (Å²) < 4.78 is 28.0. The molecule has 1 aromatic heterocycles. The topological polar surface area (TPSA) is 93.3 Å². The van der Waals surface area contributed by atoms with Crippen LogP contribution in [0, 0.1) is 0 Å². The minimum absolute atomic E-state index is 0.145. The first-order chi connectivity index (χ1) is 9.53. The van der Waals surface area contributed by atoms with Crippen molar-refractivity contribution in [2.45, 2.75) is 0 Å². The molecule has 7 heteroatoms. The van der Waals surface area contributed by atoms with Crippen LogP contribution in [0.3, 0.4) is 0 Å². The Balaban J connectivity index is 0.000000330. The Morgan fingerprint density at radius 1 is 1.20 bits per heavy atom. The van der Waals surface area contributed by atoms with Crippen molar-refractivity contribution >= 4 is 32.8 Å². The Labute approximate surface area is 124 Å². The Morgan fingerprint density at radius 2 is 1.80 bits per heavy atom. The summed E-state index contributed by atoms with van der Waals surface area (Å²) in [5.74, 6) is 0.312. The number of benzene rings is 1. The van der Waals surface area contributed by atoms with Gasteiger partial charge in [0.2, 0.25) is 0 Å². The molecule has 0 saturated heterocycles. The molecule has 0 bridgehead atoms. The number of nitrogens with two attached hydrogens (primary N) is 1. The van der Waals surface area contributed by atoms with Gasteiger partial charge in [0.1, 0.15) is 0 Å². The molecule has 0 fully saturated rings. The molecule has 0 atom stereocenters. The molecule has 0 radical (unpaired) electrons. The summed E-state index contributed by atoms with van der Waals surface area (Å²) in [6.07, 6.45) is 3.59. The summed E-state index contributed by atoms with van der Waals surface area (Å²) >= 11 is 1.39. The fourth-order valence-corrected chi connectivity index (χ4v) is 2.71. The van der Waals surface area contributed by atoms with Crippen molar-refractivity contribution in [1.29, 1.82) is 0 Å². The molecule has 0 amide bonds. The van der Waals surface area contributed by atoms with Crippen molar-refractivity contribution in [2.75, 3.05) is 24.8 Å². The normalized spacial score (nSPS) is 10.0. The van der Waals surface area contributed by atoms with E-state index in [0.717, 1.165) is 5.52 Å². The van der Waals surface area contributed by atoms with Gasteiger partial charge in [0.05, 0.1) is 11.3 Å². The zero-order valence-electron chi connectivity index (χ0n) is 11.6. The smallest absolute Gasteiger partial charge is 0.265 e. The summed E-state index contributed by atoms with van der Waals surface area (Å²) in [4.78, 5) is 4.18. The molecule has 20 heavy (non-hydrogen) atoms. The van der Waals surface area contributed by atoms with Gasteiger partial charge in [-0.15, -0.1) is 0 Å². The maximum atomic E-state index is 9.93. The number of rotatable bonds is 3. The zero-order valence-corrected chi connectivity index (χ0v) is 13.2. The van der Waals surface area contributed by atoms with Gasteiger partial charge in [0.15, 0.2) is 0 Å². The Hall–Kier alpha value is -1.15. The fraction of sp³-hybridized carbons (Fsp3) is 0.308. The van der Waals surface area contributed by atoms with Crippen molar-refractivity contribution in [3.05, 3.63) is 42.6 Å². The highest BCUT2D eigenvalue weighted by Gasteiger charge is 2.00. The number of para-hydroxylation sites is 1. The van der Waals surface area contributed by atoms with Crippen LogP contribution in [-0.4, -0.2) is 42.8 Å². The highest BCUT2D eigenvalue weighted by atomic mass is 32.2. The highest BCUT2D eigenvalue weighted by molar-refractivity contribution is 7.99. The van der Waals surface area contributed by atoms with Crippen LogP contribution in [0.25, 0.3) is 10.9 Å². The van der Waals surface area contributed by atoms with E-state index < -0.39 is 10.1 Å². The first kappa shape index (κ1) is 18.9. The second-order valence-electron chi connectivity index (χ2n) is 3.47. The lowest BCUT2D eigenvalue weighted by Gasteiger charge is -1.91. The van der Waals surface area contributed by atoms with E-state index in [0.29, 0.717) is 5.75 Å². The Kier molecular flexibility index (Phi) is 10.0. The lowest BCUT2D eigenvalue weighted by atomic mass is 10.2. The van der Waals surface area contributed by atoms with Crippen LogP contribution in [0.1, 0.15) is 0 Å². The molecule has 0 unspecified atom stereocenters. The largest absolute Gasteiger partial charge is 0.333 e. The third kappa shape index (κ3) is 8.87. The second-order valence-corrected chi connectivity index (χ2v) is 6.03. The number of nitrogens with zero attached hydrogens (tertiary/aromatic N) is 1. The molecule has 0 aliphatic heterocycles. The van der Waals surface area contributed by atoms with Gasteiger partial charge in [-0.2, -0.15) is 20.2 Å². The third-order valence-electron chi connectivity index (χ3n) is 2.06. The average molecular weight is 316 g/mol. The van der Waals surface area contributed by atoms with E-state index in [9.17, 15) is 8.42 Å². The third-order valence-corrected chi connectivity index (χ3v) is 3.65. The minimum atomic E-state index is -3.71. The molecule has 112 valence electrons. The number of aromatic nitrogens is 1. The number of fused-ring (bicyclic) bond motifs is 1. The van der Waals surface area contributed by atoms with E-state index in [1.54, 1.807) is 6.26 Å². The first-order valence-corrected chi connectivity index (χ1v) is 8.85. The molecule has 1 heterocycles. The van der Waals surface area contributed by atoms with Crippen LogP contribution < -0.4 is 5.73 Å². The van der Waals surface area contributed by atoms with Gasteiger partial charge in [0, 0.05) is 17.3 Å². The lowest BCUT2D eigenvalue weighted by Crippen LogP contribution is -2.05. The fourth-order valence-electron chi connectivity index (χ4n) is 1.20. The monoisotopic (exact) mass is 316 g/mol. The van der Waals surface area contributed by atoms with E-state index in [2.05, 4.69) is 22.9 Å². The van der Waals surface area contributed by atoms with Gasteiger partial charge in [-0.05, 0) is 25.4 Å². The van der Waals surface area contributed by atoms with Gasteiger partial charge in [-0.3, -0.25) is 9.54 Å². The second kappa shape index (κ2) is 10.6. The van der Waals surface area contributed by atoms with Crippen molar-refractivity contribution in [3.8, 4) is 0 Å². The van der Waals surface area contributed by atoms with E-state index in [1.165, 1.54) is 24.2 Å². The Bertz CT molecular complexity index is 523. The number of thioether (sulfide) groups is 1. The molecule has 3 N–H and O–H groups in total. The van der Waals surface area contributed by atoms with Gasteiger partial charge in [-0.25, -0.2) is 0 Å². The average Bonchev–Trinajstić information content (AvgIpc) is 2.47. The predicted molar refractivity (Wildman–Crippen MR) is 86.7 cm³/mol. The predicted octanol–water partition coefficient (Wildman–Crippen LogP) is 2.05. The molecule has 2 rings (SSSR count). The summed E-state index contributed by atoms with van der Waals surface area (Å²) in [5.41, 5.74) is 5.56. The molecule has 2 aromatic rings. The molecule has 0 saturated carbocycles. The lowest BCUT2D eigenvalue weighted by molar-refractivity contribution is 0.485. The van der Waals surface area contributed by atoms with Crippen LogP contribution in [0.5, 0.6) is 0 Å². The van der Waals surface area contributed by atoms with Gasteiger partial charge in [0.25, 0.3) is 10.1 Å². The van der Waals surface area contributed by atoms with Gasteiger partial charge in [-0.1, -0.05) is 24.3 Å². The molecule has 0 spiro atoms. The molecule has 0 aliphatic carbocycles. The van der Waals surface area contributed by atoms with E-state index in [1.807, 2.05) is 30.5 Å². The summed E-state index contributed by atoms with van der Waals surface area (Å²) in [6, 6.07) is 12.1. The molecular weight excluding hydrogens is 296 g/mol. The van der Waals surface area contributed by atoms with E-state index in [-0.39, 0.29) is 5.75 Å². The molecular formula is C13H20N2O3S2. The zero-order chi connectivity index (χ0) is 15.4. The Morgan fingerprint density at radius 3 is 2.30 bits per heavy atom. The summed E-state index contributed by atoms with van der Waals surface area (Å²) in [7, 11) is -2.21. The number of hydrogen-bond donors (Lipinski definition) is 2.